The number of hydrogen-bond donors (Lipinski definition) is 2. The Morgan fingerprint density at radius 1 is 1.28 bits per heavy atom. The molecule has 0 aliphatic carbocycles. The van der Waals surface area contributed by atoms with Gasteiger partial charge in [0, 0.05) is 58.4 Å². The highest BCUT2D eigenvalue weighted by molar-refractivity contribution is 14.0. The maximum absolute atomic E-state index is 10.1. The fraction of sp³-hybridized carbons (Fsp3) is 0.667. The summed E-state index contributed by atoms with van der Waals surface area (Å²) in [5.74, 6) is 1.89. The molecule has 7 nitrogen and oxygen atoms in total. The van der Waals surface area contributed by atoms with Crippen molar-refractivity contribution < 1.29 is 14.6 Å². The average Bonchev–Trinajstić information content (AvgIpc) is 3.24. The summed E-state index contributed by atoms with van der Waals surface area (Å²) in [6.07, 6.45) is 2.05. The third-order valence-corrected chi connectivity index (χ3v) is 5.22. The number of halogens is 1. The van der Waals surface area contributed by atoms with Crippen LogP contribution in [0.4, 0.5) is 5.69 Å². The normalized spacial score (nSPS) is 19.9. The summed E-state index contributed by atoms with van der Waals surface area (Å²) in [4.78, 5) is 9.32. The van der Waals surface area contributed by atoms with Crippen molar-refractivity contribution in [3.8, 4) is 5.75 Å². The summed E-state index contributed by atoms with van der Waals surface area (Å²) in [6, 6.07) is 7.54. The van der Waals surface area contributed by atoms with Crippen LogP contribution in [0.3, 0.4) is 0 Å². The lowest BCUT2D eigenvalue weighted by Gasteiger charge is -2.37. The first-order valence-electron chi connectivity index (χ1n) is 10.5. The molecule has 2 saturated heterocycles. The summed E-state index contributed by atoms with van der Waals surface area (Å²) in [5, 5.41) is 13.5. The summed E-state index contributed by atoms with van der Waals surface area (Å²) in [5.41, 5.74) is 0.911. The Hall–Kier alpha value is -1.26. The van der Waals surface area contributed by atoms with E-state index in [1.54, 1.807) is 6.07 Å². The zero-order valence-electron chi connectivity index (χ0n) is 17.4. The van der Waals surface area contributed by atoms with Crippen molar-refractivity contribution in [3.05, 3.63) is 24.3 Å². The van der Waals surface area contributed by atoms with Gasteiger partial charge in [-0.2, -0.15) is 0 Å². The Morgan fingerprint density at radius 3 is 2.76 bits per heavy atom. The van der Waals surface area contributed by atoms with Crippen LogP contribution in [0.15, 0.2) is 29.3 Å². The van der Waals surface area contributed by atoms with Gasteiger partial charge in [-0.3, -0.25) is 4.99 Å². The van der Waals surface area contributed by atoms with E-state index in [9.17, 15) is 5.11 Å². The molecule has 0 amide bonds. The van der Waals surface area contributed by atoms with Crippen LogP contribution in [0, 0.1) is 5.92 Å². The predicted octanol–water partition coefficient (Wildman–Crippen LogP) is 2.54. The van der Waals surface area contributed by atoms with Gasteiger partial charge in [-0.25, -0.2) is 0 Å². The van der Waals surface area contributed by atoms with E-state index >= 15 is 0 Å². The zero-order valence-corrected chi connectivity index (χ0v) is 19.7. The second-order valence-electron chi connectivity index (χ2n) is 7.36. The van der Waals surface area contributed by atoms with E-state index < -0.39 is 0 Å². The molecule has 0 bridgehead atoms. The molecule has 2 aliphatic rings. The highest BCUT2D eigenvalue weighted by atomic mass is 127. The van der Waals surface area contributed by atoms with Crippen LogP contribution in [0.2, 0.25) is 0 Å². The molecule has 164 valence electrons. The summed E-state index contributed by atoms with van der Waals surface area (Å²) in [7, 11) is 0. The van der Waals surface area contributed by atoms with Crippen LogP contribution >= 0.6 is 24.0 Å². The molecule has 2 N–H and O–H groups in total. The van der Waals surface area contributed by atoms with Crippen molar-refractivity contribution in [3.63, 3.8) is 0 Å². The van der Waals surface area contributed by atoms with Gasteiger partial charge in [0.05, 0.1) is 18.9 Å². The number of aromatic hydroxyl groups is 1. The highest BCUT2D eigenvalue weighted by Crippen LogP contribution is 2.27. The first kappa shape index (κ1) is 24.0. The van der Waals surface area contributed by atoms with Gasteiger partial charge in [-0.15, -0.1) is 24.0 Å². The smallest absolute Gasteiger partial charge is 0.194 e. The van der Waals surface area contributed by atoms with E-state index in [0.29, 0.717) is 11.7 Å². The lowest BCUT2D eigenvalue weighted by molar-refractivity contribution is 0.0893. The monoisotopic (exact) mass is 518 g/mol. The van der Waals surface area contributed by atoms with Crippen molar-refractivity contribution >= 4 is 35.6 Å². The van der Waals surface area contributed by atoms with E-state index in [1.165, 1.54) is 0 Å². The molecular weight excluding hydrogens is 483 g/mol. The van der Waals surface area contributed by atoms with Gasteiger partial charge in [-0.1, -0.05) is 12.1 Å². The first-order chi connectivity index (χ1) is 13.8. The third-order valence-electron chi connectivity index (χ3n) is 5.22. The largest absolute Gasteiger partial charge is 0.506 e. The third kappa shape index (κ3) is 7.49. The van der Waals surface area contributed by atoms with Crippen molar-refractivity contribution in [2.24, 2.45) is 10.9 Å². The highest BCUT2D eigenvalue weighted by Gasteiger charge is 2.21. The van der Waals surface area contributed by atoms with E-state index in [0.717, 1.165) is 90.2 Å². The Bertz CT molecular complexity index is 618. The van der Waals surface area contributed by atoms with Crippen LogP contribution in [0.25, 0.3) is 0 Å². The van der Waals surface area contributed by atoms with Crippen molar-refractivity contribution in [1.82, 2.24) is 10.2 Å². The fourth-order valence-corrected chi connectivity index (χ4v) is 3.63. The number of benzene rings is 1. The number of phenolic OH excluding ortho intramolecular Hbond substituents is 1. The van der Waals surface area contributed by atoms with Crippen LogP contribution in [0.1, 0.15) is 19.8 Å². The average molecular weight is 518 g/mol. The van der Waals surface area contributed by atoms with E-state index in [4.69, 9.17) is 14.5 Å². The van der Waals surface area contributed by atoms with Gasteiger partial charge >= 0.3 is 0 Å². The summed E-state index contributed by atoms with van der Waals surface area (Å²) < 4.78 is 11.1. The minimum atomic E-state index is 0. The van der Waals surface area contributed by atoms with Crippen molar-refractivity contribution in [2.45, 2.75) is 19.8 Å². The van der Waals surface area contributed by atoms with Crippen LogP contribution in [0.5, 0.6) is 5.75 Å². The Balaban J connectivity index is 0.00000300. The minimum absolute atomic E-state index is 0. The molecule has 3 rings (SSSR count). The number of nitrogens with one attached hydrogen (secondary N) is 1. The number of para-hydroxylation sites is 2. The van der Waals surface area contributed by atoms with Gasteiger partial charge in [0.1, 0.15) is 5.75 Å². The number of nitrogens with zero attached hydrogens (tertiary/aromatic N) is 3. The Labute approximate surface area is 191 Å². The van der Waals surface area contributed by atoms with Crippen molar-refractivity contribution in [2.75, 3.05) is 70.6 Å². The zero-order chi connectivity index (χ0) is 19.6. The molecule has 1 aromatic rings. The number of piperazine rings is 1. The number of phenols is 1. The number of guanidine groups is 1. The number of aliphatic imine (C=N–C) groups is 1. The number of rotatable bonds is 8. The van der Waals surface area contributed by atoms with Crippen molar-refractivity contribution in [1.29, 1.82) is 0 Å². The quantitative estimate of drug-likeness (QED) is 0.239. The maximum Gasteiger partial charge on any atom is 0.194 e. The SMILES string of the molecule is CCNC(=NCCCOCC1CCOC1)N1CCN(c2ccccc2O)CC1.I. The van der Waals surface area contributed by atoms with Gasteiger partial charge in [0.25, 0.3) is 0 Å². The molecule has 2 heterocycles. The molecule has 0 spiro atoms. The van der Waals surface area contributed by atoms with Crippen LogP contribution in [-0.4, -0.2) is 81.7 Å². The molecule has 8 heteroatoms. The molecule has 29 heavy (non-hydrogen) atoms. The standard InChI is InChI=1S/C21H34N4O3.HI/c1-2-22-21(23-9-5-14-27-16-18-8-15-28-17-18)25-12-10-24(11-13-25)19-6-3-4-7-20(19)26;/h3-4,6-7,18,26H,2,5,8-17H2,1H3,(H,22,23);1H. The topological polar surface area (TPSA) is 69.6 Å². The second-order valence-corrected chi connectivity index (χ2v) is 7.36. The van der Waals surface area contributed by atoms with Gasteiger partial charge in [-0.05, 0) is 31.9 Å². The van der Waals surface area contributed by atoms with Gasteiger partial charge in [0.15, 0.2) is 5.96 Å². The van der Waals surface area contributed by atoms with E-state index in [1.807, 2.05) is 18.2 Å². The molecule has 1 atom stereocenters. The lowest BCUT2D eigenvalue weighted by atomic mass is 10.1. The second kappa shape index (κ2) is 13.1. The van der Waals surface area contributed by atoms with E-state index in [-0.39, 0.29) is 24.0 Å². The van der Waals surface area contributed by atoms with Crippen LogP contribution < -0.4 is 10.2 Å². The Kier molecular flexibility index (Phi) is 10.9. The molecule has 0 aromatic heterocycles. The summed E-state index contributed by atoms with van der Waals surface area (Å²) in [6.45, 7) is 10.5. The molecule has 2 fully saturated rings. The van der Waals surface area contributed by atoms with Crippen LogP contribution in [-0.2, 0) is 9.47 Å². The predicted molar refractivity (Wildman–Crippen MR) is 128 cm³/mol. The molecule has 1 unspecified atom stereocenters. The Morgan fingerprint density at radius 2 is 2.07 bits per heavy atom. The van der Waals surface area contributed by atoms with E-state index in [2.05, 4.69) is 22.0 Å². The number of hydrogen-bond acceptors (Lipinski definition) is 5. The van der Waals surface area contributed by atoms with Gasteiger partial charge < -0.3 is 29.7 Å². The first-order valence-corrected chi connectivity index (χ1v) is 10.5. The molecule has 2 aliphatic heterocycles. The molecule has 0 saturated carbocycles. The number of ether oxygens (including phenoxy) is 2. The number of anilines is 1. The lowest BCUT2D eigenvalue weighted by Crippen LogP contribution is -2.52. The molecular formula is C21H35IN4O3. The minimum Gasteiger partial charge on any atom is -0.506 e. The maximum atomic E-state index is 10.1. The fourth-order valence-electron chi connectivity index (χ4n) is 3.63. The summed E-state index contributed by atoms with van der Waals surface area (Å²) >= 11 is 0. The van der Waals surface area contributed by atoms with Gasteiger partial charge in [0.2, 0.25) is 0 Å². The molecule has 1 aromatic carbocycles. The molecule has 0 radical (unpaired) electrons.